The summed E-state index contributed by atoms with van der Waals surface area (Å²) in [5.74, 6) is -1.08. The Labute approximate surface area is 172 Å². The number of ether oxygens (including phenoxy) is 4. The average molecular weight is 421 g/mol. The van der Waals surface area contributed by atoms with Gasteiger partial charge in [-0.2, -0.15) is 0 Å². The first-order valence-corrected chi connectivity index (χ1v) is 9.84. The molecule has 0 saturated carbocycles. The molecule has 2 aromatic rings. The highest BCUT2D eigenvalue weighted by atomic mass is 32.1. The molecule has 1 aromatic heterocycles. The molecule has 0 atom stereocenters. The van der Waals surface area contributed by atoms with E-state index in [0.29, 0.717) is 22.9 Å². The molecule has 0 spiro atoms. The number of benzene rings is 1. The van der Waals surface area contributed by atoms with Crippen LogP contribution in [0.25, 0.3) is 11.1 Å². The maximum atomic E-state index is 12.5. The summed E-state index contributed by atoms with van der Waals surface area (Å²) >= 11 is 1.18. The number of anilines is 1. The molecule has 29 heavy (non-hydrogen) atoms. The molecule has 1 N–H and O–H groups in total. The maximum Gasteiger partial charge on any atom is 0.341 e. The molecule has 0 bridgehead atoms. The van der Waals surface area contributed by atoms with Crippen LogP contribution in [0.5, 0.6) is 5.75 Å². The maximum absolute atomic E-state index is 12.5. The molecule has 0 aliphatic heterocycles. The highest BCUT2D eigenvalue weighted by molar-refractivity contribution is 7.15. The number of nitrogens with one attached hydrogen (secondary N) is 1. The highest BCUT2D eigenvalue weighted by Crippen LogP contribution is 2.36. The number of thiophene rings is 1. The number of amides is 1. The summed E-state index contributed by atoms with van der Waals surface area (Å²) in [6.45, 7) is 3.30. The highest BCUT2D eigenvalue weighted by Gasteiger charge is 2.23. The number of rotatable bonds is 10. The molecule has 9 heteroatoms. The monoisotopic (exact) mass is 421 g/mol. The molecule has 8 nitrogen and oxygen atoms in total. The van der Waals surface area contributed by atoms with Crippen LogP contribution in [-0.4, -0.2) is 51.4 Å². The van der Waals surface area contributed by atoms with Crippen LogP contribution in [-0.2, 0) is 23.8 Å². The fraction of sp³-hybridized carbons (Fsp3) is 0.350. The van der Waals surface area contributed by atoms with Gasteiger partial charge in [0, 0.05) is 17.6 Å². The van der Waals surface area contributed by atoms with E-state index in [-0.39, 0.29) is 18.8 Å². The predicted octanol–water partition coefficient (Wildman–Crippen LogP) is 3.12. The van der Waals surface area contributed by atoms with Crippen molar-refractivity contribution in [2.45, 2.75) is 13.8 Å². The van der Waals surface area contributed by atoms with Gasteiger partial charge in [-0.05, 0) is 31.5 Å². The van der Waals surface area contributed by atoms with Gasteiger partial charge >= 0.3 is 11.9 Å². The largest absolute Gasteiger partial charge is 0.497 e. The summed E-state index contributed by atoms with van der Waals surface area (Å²) in [5.41, 5.74) is 1.64. The number of hydrogen-bond donors (Lipinski definition) is 1. The Hall–Kier alpha value is -2.91. The number of carbonyl (C=O) groups is 3. The smallest absolute Gasteiger partial charge is 0.341 e. The lowest BCUT2D eigenvalue weighted by molar-refractivity contribution is -0.151. The zero-order valence-electron chi connectivity index (χ0n) is 16.5. The van der Waals surface area contributed by atoms with Crippen molar-refractivity contribution in [3.8, 4) is 16.9 Å². The lowest BCUT2D eigenvalue weighted by Gasteiger charge is -2.09. The zero-order valence-corrected chi connectivity index (χ0v) is 17.3. The van der Waals surface area contributed by atoms with Crippen LogP contribution in [0, 0.1) is 0 Å². The summed E-state index contributed by atoms with van der Waals surface area (Å²) in [4.78, 5) is 36.1. The molecule has 2 rings (SSSR count). The minimum Gasteiger partial charge on any atom is -0.497 e. The number of carbonyl (C=O) groups excluding carboxylic acids is 3. The standard InChI is InChI=1S/C20H23NO7S/c1-4-26-11-17(23)28-10-16(22)21-19-18(20(24)27-5-2)15(12-29-19)13-6-8-14(25-3)9-7-13/h6-9,12H,4-5,10-11H2,1-3H3,(H,21,22). The van der Waals surface area contributed by atoms with Crippen LogP contribution in [0.1, 0.15) is 24.2 Å². The average Bonchev–Trinajstić information content (AvgIpc) is 3.14. The third-order valence-corrected chi connectivity index (χ3v) is 4.61. The summed E-state index contributed by atoms with van der Waals surface area (Å²) in [6, 6.07) is 7.17. The lowest BCUT2D eigenvalue weighted by atomic mass is 10.0. The van der Waals surface area contributed by atoms with Crippen molar-refractivity contribution < 1.29 is 33.3 Å². The van der Waals surface area contributed by atoms with Gasteiger partial charge in [0.1, 0.15) is 22.9 Å². The zero-order chi connectivity index (χ0) is 21.2. The van der Waals surface area contributed by atoms with Crippen LogP contribution in [0.3, 0.4) is 0 Å². The van der Waals surface area contributed by atoms with Gasteiger partial charge in [-0.3, -0.25) is 4.79 Å². The molecule has 0 unspecified atom stereocenters. The van der Waals surface area contributed by atoms with Crippen molar-refractivity contribution in [2.24, 2.45) is 0 Å². The van der Waals surface area contributed by atoms with Crippen LogP contribution < -0.4 is 10.1 Å². The van der Waals surface area contributed by atoms with Crippen molar-refractivity contribution in [1.29, 1.82) is 0 Å². The molecule has 0 aliphatic rings. The third kappa shape index (κ3) is 6.30. The van der Waals surface area contributed by atoms with Crippen molar-refractivity contribution >= 4 is 34.2 Å². The first-order valence-electron chi connectivity index (χ1n) is 8.96. The van der Waals surface area contributed by atoms with E-state index in [9.17, 15) is 14.4 Å². The SMILES string of the molecule is CCOCC(=O)OCC(=O)Nc1scc(-c2ccc(OC)cc2)c1C(=O)OCC. The minimum atomic E-state index is -0.641. The first kappa shape index (κ1) is 22.4. The first-order chi connectivity index (χ1) is 14.0. The Morgan fingerprint density at radius 1 is 1.00 bits per heavy atom. The van der Waals surface area contributed by atoms with E-state index in [0.717, 1.165) is 5.56 Å². The normalized spacial score (nSPS) is 10.3. The van der Waals surface area contributed by atoms with Gasteiger partial charge < -0.3 is 24.3 Å². The fourth-order valence-electron chi connectivity index (χ4n) is 2.37. The Balaban J connectivity index is 2.18. The van der Waals surface area contributed by atoms with Gasteiger partial charge in [-0.25, -0.2) is 9.59 Å². The molecular formula is C20H23NO7S. The van der Waals surface area contributed by atoms with Gasteiger partial charge in [-0.1, -0.05) is 12.1 Å². The van der Waals surface area contributed by atoms with Crippen LogP contribution in [0.15, 0.2) is 29.6 Å². The molecular weight excluding hydrogens is 398 g/mol. The molecule has 1 amide bonds. The van der Waals surface area contributed by atoms with Gasteiger partial charge in [-0.15, -0.1) is 11.3 Å². The van der Waals surface area contributed by atoms with Gasteiger partial charge in [0.15, 0.2) is 6.61 Å². The molecule has 0 radical (unpaired) electrons. The van der Waals surface area contributed by atoms with Gasteiger partial charge in [0.25, 0.3) is 5.91 Å². The van der Waals surface area contributed by atoms with Crippen molar-refractivity contribution in [1.82, 2.24) is 0 Å². The second-order valence-electron chi connectivity index (χ2n) is 5.65. The Bertz CT molecular complexity index is 845. The third-order valence-electron chi connectivity index (χ3n) is 3.71. The second-order valence-corrected chi connectivity index (χ2v) is 6.53. The molecule has 156 valence electrons. The summed E-state index contributed by atoms with van der Waals surface area (Å²) in [5, 5.41) is 4.68. The van der Waals surface area contributed by atoms with E-state index < -0.39 is 24.5 Å². The summed E-state index contributed by atoms with van der Waals surface area (Å²) in [7, 11) is 1.57. The number of esters is 2. The minimum absolute atomic E-state index is 0.194. The quantitative estimate of drug-likeness (QED) is 0.588. The summed E-state index contributed by atoms with van der Waals surface area (Å²) < 4.78 is 20.1. The molecule has 0 aliphatic carbocycles. The van der Waals surface area contributed by atoms with E-state index in [1.165, 1.54) is 11.3 Å². The van der Waals surface area contributed by atoms with E-state index in [4.69, 9.17) is 18.9 Å². The van der Waals surface area contributed by atoms with E-state index in [2.05, 4.69) is 5.32 Å². The fourth-order valence-corrected chi connectivity index (χ4v) is 3.35. The molecule has 1 heterocycles. The second kappa shape index (κ2) is 11.2. The summed E-state index contributed by atoms with van der Waals surface area (Å²) in [6.07, 6.45) is 0. The van der Waals surface area contributed by atoms with E-state index in [1.54, 1.807) is 38.5 Å². The van der Waals surface area contributed by atoms with Gasteiger partial charge in [0.2, 0.25) is 0 Å². The van der Waals surface area contributed by atoms with E-state index in [1.807, 2.05) is 12.1 Å². The Morgan fingerprint density at radius 2 is 1.72 bits per heavy atom. The van der Waals surface area contributed by atoms with Crippen molar-refractivity contribution in [3.63, 3.8) is 0 Å². The van der Waals surface area contributed by atoms with E-state index >= 15 is 0 Å². The predicted molar refractivity (Wildman–Crippen MR) is 108 cm³/mol. The number of hydrogen-bond acceptors (Lipinski definition) is 8. The molecule has 0 fully saturated rings. The Morgan fingerprint density at radius 3 is 2.34 bits per heavy atom. The van der Waals surface area contributed by atoms with Crippen molar-refractivity contribution in [3.05, 3.63) is 35.2 Å². The topological polar surface area (TPSA) is 100 Å². The molecule has 1 aromatic carbocycles. The Kier molecular flexibility index (Phi) is 8.63. The van der Waals surface area contributed by atoms with Crippen LogP contribution in [0.2, 0.25) is 0 Å². The van der Waals surface area contributed by atoms with Crippen LogP contribution >= 0.6 is 11.3 Å². The lowest BCUT2D eigenvalue weighted by Crippen LogP contribution is -2.23. The molecule has 0 saturated heterocycles. The van der Waals surface area contributed by atoms with Crippen LogP contribution in [0.4, 0.5) is 5.00 Å². The van der Waals surface area contributed by atoms with Gasteiger partial charge in [0.05, 0.1) is 13.7 Å². The number of methoxy groups -OCH3 is 1. The van der Waals surface area contributed by atoms with Crippen molar-refractivity contribution in [2.75, 3.05) is 38.9 Å².